The number of hydrogen-bond donors (Lipinski definition) is 10. The number of dihydropyridines is 1. The van der Waals surface area contributed by atoms with Gasteiger partial charge in [-0.25, -0.2) is 0 Å². The van der Waals surface area contributed by atoms with Crippen LogP contribution in [-0.4, -0.2) is 103 Å². The Morgan fingerprint density at radius 3 is 2.49 bits per heavy atom. The van der Waals surface area contributed by atoms with E-state index < -0.39 is 53.7 Å². The number of nitrogens with two attached hydrogens (primary N) is 1. The number of nitrogens with one attached hydrogen (secondary N) is 2. The number of fused-ring (bicyclic) bond motifs is 5. The Balaban J connectivity index is 1.10. The van der Waals surface area contributed by atoms with Gasteiger partial charge in [0.1, 0.15) is 11.9 Å². The molecule has 1 saturated heterocycles. The highest BCUT2D eigenvalue weighted by molar-refractivity contribution is 8.76. The van der Waals surface area contributed by atoms with E-state index in [2.05, 4.69) is 77.6 Å². The Kier molecular flexibility index (Phi) is 17.0. The van der Waals surface area contributed by atoms with E-state index in [1.54, 1.807) is 27.7 Å². The first-order valence-corrected chi connectivity index (χ1v) is 29.0. The van der Waals surface area contributed by atoms with Crippen LogP contribution in [0.15, 0.2) is 95.5 Å². The number of aromatic amines is 1. The normalized spacial score (nSPS) is 33.4. The van der Waals surface area contributed by atoms with Crippen LogP contribution < -0.4 is 15.8 Å². The maximum atomic E-state index is 12.5. The molecule has 9 rings (SSSR count). The molecule has 0 unspecified atom stereocenters. The summed E-state index contributed by atoms with van der Waals surface area (Å²) in [6.45, 7) is 2.45. The molecular weight excluding hydrogens is 931 g/mol. The molecule has 2 aromatic carbocycles. The number of phenolic OH excluding ortho intramolecular Hbond substituents is 1. The van der Waals surface area contributed by atoms with Gasteiger partial charge in [0.15, 0.2) is 11.5 Å². The maximum absolute atomic E-state index is 12.5. The van der Waals surface area contributed by atoms with Gasteiger partial charge >= 0.3 is 0 Å². The molecule has 2 fully saturated rings. The summed E-state index contributed by atoms with van der Waals surface area (Å²) >= 11 is 0. The lowest BCUT2D eigenvalue weighted by atomic mass is 9.59. The highest BCUT2D eigenvalue weighted by Crippen LogP contribution is 2.53. The smallest absolute Gasteiger partial charge is 0.161 e. The van der Waals surface area contributed by atoms with E-state index in [1.165, 1.54) is 12.0 Å². The van der Waals surface area contributed by atoms with Gasteiger partial charge in [-0.2, -0.15) is 0 Å². The van der Waals surface area contributed by atoms with Gasteiger partial charge in [-0.15, -0.1) is 0 Å². The third-order valence-corrected chi connectivity index (χ3v) is 19.7. The average molecular weight is 1010 g/mol. The van der Waals surface area contributed by atoms with Crippen molar-refractivity contribution in [2.45, 2.75) is 145 Å². The zero-order valence-electron chi connectivity index (χ0n) is 41.4. The fraction of sp³-hybridized carbons (Fsp3) is 0.586. The van der Waals surface area contributed by atoms with Crippen molar-refractivity contribution in [3.8, 4) is 23.3 Å². The van der Waals surface area contributed by atoms with E-state index in [0.29, 0.717) is 81.7 Å². The predicted molar refractivity (Wildman–Crippen MR) is 283 cm³/mol. The Morgan fingerprint density at radius 2 is 1.75 bits per heavy atom. The number of allylic oxidation sites excluding steroid dienone is 3. The van der Waals surface area contributed by atoms with Gasteiger partial charge in [0.2, 0.25) is 0 Å². The number of aromatic hydroxyl groups is 1. The fourth-order valence-corrected chi connectivity index (χ4v) is 16.1. The second kappa shape index (κ2) is 23.1. The molecule has 0 spiro atoms. The van der Waals surface area contributed by atoms with Crippen LogP contribution in [0.25, 0.3) is 0 Å². The molecule has 3 heterocycles. The second-order valence-electron chi connectivity index (χ2n) is 21.8. The number of aliphatic hydroxyl groups is 6. The molecule has 3 aromatic rings. The molecule has 13 heteroatoms. The van der Waals surface area contributed by atoms with Crippen LogP contribution in [-0.2, 0) is 18.3 Å². The van der Waals surface area contributed by atoms with Gasteiger partial charge in [-0.1, -0.05) is 108 Å². The Hall–Kier alpha value is -3.84. The number of ether oxygens (including phenoxy) is 1. The Labute approximate surface area is 428 Å². The van der Waals surface area contributed by atoms with Crippen LogP contribution in [0.2, 0.25) is 0 Å². The van der Waals surface area contributed by atoms with E-state index >= 15 is 0 Å². The van der Waals surface area contributed by atoms with Gasteiger partial charge in [0, 0.05) is 77.8 Å². The number of hydrogen-bond acceptors (Lipinski definition) is 12. The van der Waals surface area contributed by atoms with Crippen molar-refractivity contribution in [3.05, 3.63) is 118 Å². The summed E-state index contributed by atoms with van der Waals surface area (Å²) in [6, 6.07) is 18.5. The summed E-state index contributed by atoms with van der Waals surface area (Å²) < 4.78 is 6.93. The molecule has 0 bridgehead atoms. The van der Waals surface area contributed by atoms with E-state index in [4.69, 9.17) is 10.5 Å². The topological polar surface area (TPSA) is 205 Å². The summed E-state index contributed by atoms with van der Waals surface area (Å²) in [4.78, 5) is 3.37. The van der Waals surface area contributed by atoms with Crippen LogP contribution in [0.4, 0.5) is 0 Å². The Bertz CT molecular complexity index is 2430. The minimum atomic E-state index is -1.07. The first-order chi connectivity index (χ1) is 34.4. The van der Waals surface area contributed by atoms with Crippen molar-refractivity contribution < 1.29 is 40.5 Å². The van der Waals surface area contributed by atoms with E-state index in [1.807, 2.05) is 18.3 Å². The summed E-state index contributed by atoms with van der Waals surface area (Å²) in [5, 5.41) is 85.3. The number of benzene rings is 2. The minimum absolute atomic E-state index is 0.0283. The first-order valence-electron chi connectivity index (χ1n) is 26.5. The standard InChI is InChI=1S/C58H77N3O8S2/c1-2-36-24-38-27-50(66)52(69-53-28-39(25-42-12-9-21-60-42)44-16-22-61-56(59)48(44)34-71-70-33-40(32-63)55(53)68)30-46(38)47-29-51(67)54-37(26-45(36)47)15-19-57(20-23-62,31-43(64)13-14-49(54)65)35-58(17-7-4-8-18-58)41-10-5-3-6-11-41/h3,5-6,9-12,16,21,26-27,30,36-37,39-40,43,47,49,51,53-55,60-68H,2,4,7-8,13-14,17-18,20,22-25,28-29,31-35,59H2,1H3/t36-,37+,39-,40+,43+,47+,49+,51-,53+,54-,55+,57-/m1/s1. The van der Waals surface area contributed by atoms with Crippen LogP contribution in [0, 0.1) is 46.8 Å². The monoisotopic (exact) mass is 1010 g/mol. The van der Waals surface area contributed by atoms with Crippen LogP contribution in [0.3, 0.4) is 0 Å². The van der Waals surface area contributed by atoms with Crippen molar-refractivity contribution in [2.24, 2.45) is 40.7 Å². The highest BCUT2D eigenvalue weighted by Gasteiger charge is 2.47. The van der Waals surface area contributed by atoms with Gasteiger partial charge in [-0.05, 0) is 141 Å². The lowest BCUT2D eigenvalue weighted by Crippen LogP contribution is -2.42. The largest absolute Gasteiger partial charge is 0.504 e. The van der Waals surface area contributed by atoms with Crippen molar-refractivity contribution in [1.29, 1.82) is 0 Å². The molecule has 2 aliphatic heterocycles. The molecule has 6 aliphatic rings. The fourth-order valence-electron chi connectivity index (χ4n) is 13.6. The molecule has 71 heavy (non-hydrogen) atoms. The SMILES string of the molecule is CC[C@@H]1Cc2cc(O)c(O[C@H]3C[C@@H](Cc4ccc[nH]4)C4=CCNC(N)=C4CSSC[C@H](CO)[C@@H]3O)cc2[C@H]2C[C@@H](O)[C@@H]3[C@@H](C#C[C@](CCO)(CC4(c5ccccc5)CCCCC4)C[C@@H](O)CC[C@@H]3O)C=C12. The number of rotatable bonds is 11. The van der Waals surface area contributed by atoms with E-state index in [0.717, 1.165) is 65.6 Å². The van der Waals surface area contributed by atoms with Crippen molar-refractivity contribution in [3.63, 3.8) is 0 Å². The summed E-state index contributed by atoms with van der Waals surface area (Å²) in [6.07, 6.45) is 12.3. The molecule has 1 aromatic heterocycles. The molecule has 0 radical (unpaired) electrons. The molecule has 4 aliphatic carbocycles. The van der Waals surface area contributed by atoms with Crippen molar-refractivity contribution in [2.75, 3.05) is 31.3 Å². The number of H-pyrrole nitrogens is 1. The molecule has 1 saturated carbocycles. The second-order valence-corrected chi connectivity index (χ2v) is 24.3. The number of phenols is 1. The molecule has 11 N–H and O–H groups in total. The average Bonchev–Trinajstić information content (AvgIpc) is 3.83. The van der Waals surface area contributed by atoms with Crippen molar-refractivity contribution in [1.82, 2.24) is 10.3 Å². The summed E-state index contributed by atoms with van der Waals surface area (Å²) in [5.74, 6) is 7.57. The van der Waals surface area contributed by atoms with Crippen LogP contribution in [0.5, 0.6) is 11.5 Å². The quantitative estimate of drug-likeness (QED) is 0.0506. The van der Waals surface area contributed by atoms with Gasteiger partial charge in [-0.3, -0.25) is 0 Å². The third-order valence-electron chi connectivity index (χ3n) is 17.3. The lowest BCUT2D eigenvalue weighted by Gasteiger charge is -2.45. The maximum Gasteiger partial charge on any atom is 0.161 e. The molecule has 12 atom stereocenters. The van der Waals surface area contributed by atoms with Crippen LogP contribution in [0.1, 0.15) is 119 Å². The lowest BCUT2D eigenvalue weighted by molar-refractivity contribution is -0.0215. The molecule has 11 nitrogen and oxygen atoms in total. The molecular formula is C58H77N3O8S2. The van der Waals surface area contributed by atoms with Gasteiger partial charge in [0.25, 0.3) is 0 Å². The van der Waals surface area contributed by atoms with Crippen molar-refractivity contribution >= 4 is 21.6 Å². The predicted octanol–water partition coefficient (Wildman–Crippen LogP) is 7.94. The zero-order valence-corrected chi connectivity index (χ0v) is 43.0. The Morgan fingerprint density at radius 1 is 0.930 bits per heavy atom. The van der Waals surface area contributed by atoms with E-state index in [9.17, 15) is 35.7 Å². The molecule has 384 valence electrons. The van der Waals surface area contributed by atoms with Gasteiger partial charge in [0.05, 0.1) is 24.4 Å². The third kappa shape index (κ3) is 11.5. The van der Waals surface area contributed by atoms with Gasteiger partial charge < -0.3 is 56.5 Å². The summed E-state index contributed by atoms with van der Waals surface area (Å²) in [5.41, 5.74) is 13.3. The number of aromatic nitrogens is 1. The number of aliphatic hydroxyl groups excluding tert-OH is 6. The zero-order chi connectivity index (χ0) is 49.7. The van der Waals surface area contributed by atoms with E-state index in [-0.39, 0.29) is 47.9 Å². The molecule has 0 amide bonds. The minimum Gasteiger partial charge on any atom is -0.504 e. The summed E-state index contributed by atoms with van der Waals surface area (Å²) in [7, 11) is 3.25. The highest BCUT2D eigenvalue weighted by atomic mass is 33.1. The first kappa shape index (κ1) is 52.0. The van der Waals surface area contributed by atoms with Crippen LogP contribution >= 0.6 is 21.6 Å².